The topological polar surface area (TPSA) is 50.4 Å². The summed E-state index contributed by atoms with van der Waals surface area (Å²) in [6.07, 6.45) is 2.10. The first kappa shape index (κ1) is 14.8. The van der Waals surface area contributed by atoms with Crippen LogP contribution in [-0.2, 0) is 10.3 Å². The Hall–Kier alpha value is -1.62. The summed E-state index contributed by atoms with van der Waals surface area (Å²) in [5.74, 6) is -0.322. The fourth-order valence-corrected chi connectivity index (χ4v) is 2.38. The number of nitrogens with one attached hydrogen (secondary N) is 2. The molecule has 5 heteroatoms. The number of benzene rings is 1. The van der Waals surface area contributed by atoms with Gasteiger partial charge in [0.15, 0.2) is 0 Å². The Balaban J connectivity index is 1.90. The van der Waals surface area contributed by atoms with Crippen LogP contribution in [0, 0.1) is 5.82 Å². The number of hydrogen-bond acceptors (Lipinski definition) is 2. The second kappa shape index (κ2) is 6.22. The van der Waals surface area contributed by atoms with Gasteiger partial charge in [-0.15, -0.1) is 0 Å². The minimum absolute atomic E-state index is 0.0947. The number of urea groups is 1. The van der Waals surface area contributed by atoms with Crippen LogP contribution >= 0.6 is 0 Å². The first-order valence-electron chi connectivity index (χ1n) is 6.91. The molecule has 2 N–H and O–H groups in total. The summed E-state index contributed by atoms with van der Waals surface area (Å²) in [5.41, 5.74) is -0.307. The third kappa shape index (κ3) is 3.70. The van der Waals surface area contributed by atoms with E-state index in [9.17, 15) is 9.18 Å². The minimum atomic E-state index is -0.772. The molecule has 4 nitrogen and oxygen atoms in total. The Kier molecular flexibility index (Phi) is 4.60. The average molecular weight is 280 g/mol. The van der Waals surface area contributed by atoms with Crippen LogP contribution in [0.25, 0.3) is 0 Å². The van der Waals surface area contributed by atoms with E-state index in [1.165, 1.54) is 6.07 Å². The van der Waals surface area contributed by atoms with E-state index in [0.29, 0.717) is 12.1 Å². The lowest BCUT2D eigenvalue weighted by molar-refractivity contribution is 0.111. The number of halogens is 1. The number of amides is 2. The summed E-state index contributed by atoms with van der Waals surface area (Å²) in [5, 5.41) is 5.56. The third-order valence-electron chi connectivity index (χ3n) is 3.49. The highest BCUT2D eigenvalue weighted by Gasteiger charge is 2.26. The molecule has 1 aromatic rings. The fourth-order valence-electron chi connectivity index (χ4n) is 2.38. The number of rotatable bonds is 4. The summed E-state index contributed by atoms with van der Waals surface area (Å²) >= 11 is 0. The molecule has 0 spiro atoms. The Morgan fingerprint density at radius 3 is 2.85 bits per heavy atom. The van der Waals surface area contributed by atoms with Gasteiger partial charge < -0.3 is 15.4 Å². The number of ether oxygens (including phenoxy) is 1. The van der Waals surface area contributed by atoms with Crippen molar-refractivity contribution in [1.82, 2.24) is 10.6 Å². The third-order valence-corrected chi connectivity index (χ3v) is 3.49. The lowest BCUT2D eigenvalue weighted by Gasteiger charge is -2.27. The zero-order valence-corrected chi connectivity index (χ0v) is 11.9. The van der Waals surface area contributed by atoms with E-state index >= 15 is 0 Å². The van der Waals surface area contributed by atoms with Crippen molar-refractivity contribution in [2.24, 2.45) is 0 Å². The highest BCUT2D eigenvalue weighted by Crippen LogP contribution is 2.22. The molecule has 0 aromatic heterocycles. The molecule has 1 heterocycles. The molecule has 2 amide bonds. The lowest BCUT2D eigenvalue weighted by atomic mass is 9.94. The molecule has 110 valence electrons. The quantitative estimate of drug-likeness (QED) is 0.890. The van der Waals surface area contributed by atoms with Crippen LogP contribution in [0.3, 0.4) is 0 Å². The van der Waals surface area contributed by atoms with Gasteiger partial charge in [0.25, 0.3) is 0 Å². The largest absolute Gasteiger partial charge is 0.376 e. The van der Waals surface area contributed by atoms with Crippen molar-refractivity contribution < 1.29 is 13.9 Å². The molecule has 0 saturated carbocycles. The number of carbonyl (C=O) groups is 1. The van der Waals surface area contributed by atoms with Gasteiger partial charge in [-0.05, 0) is 32.8 Å². The van der Waals surface area contributed by atoms with Gasteiger partial charge in [0.1, 0.15) is 5.82 Å². The van der Waals surface area contributed by atoms with Crippen molar-refractivity contribution in [3.8, 4) is 0 Å². The van der Waals surface area contributed by atoms with Crippen LogP contribution in [0.2, 0.25) is 0 Å². The molecule has 2 rings (SSSR count). The predicted molar refractivity (Wildman–Crippen MR) is 74.9 cm³/mol. The maximum Gasteiger partial charge on any atom is 0.315 e. The summed E-state index contributed by atoms with van der Waals surface area (Å²) in [4.78, 5) is 11.9. The molecule has 20 heavy (non-hydrogen) atoms. The second-order valence-electron chi connectivity index (χ2n) is 5.57. The normalized spacial score (nSPS) is 18.9. The van der Waals surface area contributed by atoms with Crippen molar-refractivity contribution in [1.29, 1.82) is 0 Å². The monoisotopic (exact) mass is 280 g/mol. The van der Waals surface area contributed by atoms with E-state index in [2.05, 4.69) is 10.6 Å². The molecule has 1 fully saturated rings. The molecule has 1 aromatic carbocycles. The average Bonchev–Trinajstić information content (AvgIpc) is 2.89. The standard InChI is InChI=1S/C15H21FN2O2/c1-15(2,12-7-3-4-8-13(12)16)18-14(19)17-10-11-6-5-9-20-11/h3-4,7-8,11H,5-6,9-10H2,1-2H3,(H2,17,18,19). The first-order valence-corrected chi connectivity index (χ1v) is 6.91. The van der Waals surface area contributed by atoms with Gasteiger partial charge in [0.2, 0.25) is 0 Å². The number of carbonyl (C=O) groups excluding carboxylic acids is 1. The summed E-state index contributed by atoms with van der Waals surface area (Å²) in [7, 11) is 0. The zero-order valence-electron chi connectivity index (χ0n) is 11.9. The van der Waals surface area contributed by atoms with Crippen molar-refractivity contribution in [2.75, 3.05) is 13.2 Å². The van der Waals surface area contributed by atoms with E-state index in [4.69, 9.17) is 4.74 Å². The van der Waals surface area contributed by atoms with E-state index in [1.807, 2.05) is 0 Å². The van der Waals surface area contributed by atoms with Crippen molar-refractivity contribution in [3.05, 3.63) is 35.6 Å². The van der Waals surface area contributed by atoms with Crippen LogP contribution in [0.5, 0.6) is 0 Å². The van der Waals surface area contributed by atoms with Crippen molar-refractivity contribution in [2.45, 2.75) is 38.3 Å². The lowest BCUT2D eigenvalue weighted by Crippen LogP contribution is -2.48. The summed E-state index contributed by atoms with van der Waals surface area (Å²) < 4.78 is 19.2. The van der Waals surface area contributed by atoms with E-state index in [-0.39, 0.29) is 18.0 Å². The molecular formula is C15H21FN2O2. The highest BCUT2D eigenvalue weighted by molar-refractivity contribution is 5.75. The first-order chi connectivity index (χ1) is 9.49. The van der Waals surface area contributed by atoms with E-state index in [0.717, 1.165) is 19.4 Å². The van der Waals surface area contributed by atoms with Gasteiger partial charge in [0, 0.05) is 18.7 Å². The minimum Gasteiger partial charge on any atom is -0.376 e. The van der Waals surface area contributed by atoms with Gasteiger partial charge in [-0.1, -0.05) is 18.2 Å². The van der Waals surface area contributed by atoms with Crippen LogP contribution in [0.15, 0.2) is 24.3 Å². The fraction of sp³-hybridized carbons (Fsp3) is 0.533. The van der Waals surface area contributed by atoms with Gasteiger partial charge in [-0.25, -0.2) is 9.18 Å². The van der Waals surface area contributed by atoms with E-state index < -0.39 is 5.54 Å². The van der Waals surface area contributed by atoms with E-state index in [1.54, 1.807) is 32.0 Å². The maximum absolute atomic E-state index is 13.8. The van der Waals surface area contributed by atoms with Gasteiger partial charge in [-0.2, -0.15) is 0 Å². The molecule has 0 radical (unpaired) electrons. The molecule has 1 unspecified atom stereocenters. The van der Waals surface area contributed by atoms with Crippen molar-refractivity contribution >= 4 is 6.03 Å². The number of hydrogen-bond donors (Lipinski definition) is 2. The van der Waals surface area contributed by atoms with Crippen molar-refractivity contribution in [3.63, 3.8) is 0 Å². The Morgan fingerprint density at radius 1 is 1.45 bits per heavy atom. The highest BCUT2D eigenvalue weighted by atomic mass is 19.1. The Labute approximate surface area is 118 Å². The van der Waals surface area contributed by atoms with Crippen LogP contribution in [-0.4, -0.2) is 25.3 Å². The molecule has 1 aliphatic rings. The van der Waals surface area contributed by atoms with Crippen LogP contribution in [0.1, 0.15) is 32.3 Å². The second-order valence-corrected chi connectivity index (χ2v) is 5.57. The maximum atomic E-state index is 13.8. The predicted octanol–water partition coefficient (Wildman–Crippen LogP) is 2.54. The summed E-state index contributed by atoms with van der Waals surface area (Å²) in [6, 6.07) is 6.14. The van der Waals surface area contributed by atoms with Gasteiger partial charge >= 0.3 is 6.03 Å². The van der Waals surface area contributed by atoms with Gasteiger partial charge in [-0.3, -0.25) is 0 Å². The van der Waals surface area contributed by atoms with Crippen LogP contribution in [0.4, 0.5) is 9.18 Å². The molecule has 0 bridgehead atoms. The molecule has 1 aliphatic heterocycles. The van der Waals surface area contributed by atoms with Gasteiger partial charge in [0.05, 0.1) is 11.6 Å². The molecule has 0 aliphatic carbocycles. The van der Waals surface area contributed by atoms with Crippen LogP contribution < -0.4 is 10.6 Å². The Bertz CT molecular complexity index is 471. The molecule has 1 saturated heterocycles. The Morgan fingerprint density at radius 2 is 2.20 bits per heavy atom. The molecular weight excluding hydrogens is 259 g/mol. The smallest absolute Gasteiger partial charge is 0.315 e. The summed E-state index contributed by atoms with van der Waals surface area (Å²) in [6.45, 7) is 4.79. The zero-order chi connectivity index (χ0) is 14.6. The molecule has 1 atom stereocenters. The SMILES string of the molecule is CC(C)(NC(=O)NCC1CCCO1)c1ccccc1F.